The summed E-state index contributed by atoms with van der Waals surface area (Å²) in [5, 5.41) is 3.29. The third-order valence-corrected chi connectivity index (χ3v) is 3.04. The summed E-state index contributed by atoms with van der Waals surface area (Å²) < 4.78 is 12.9. The minimum Gasteiger partial charge on any atom is -0.471 e. The normalized spacial score (nSPS) is 22.2. The van der Waals surface area contributed by atoms with Gasteiger partial charge in [0.05, 0.1) is 5.60 Å². The van der Waals surface area contributed by atoms with Crippen molar-refractivity contribution in [2.45, 2.75) is 39.0 Å². The van der Waals surface area contributed by atoms with Crippen molar-refractivity contribution >= 4 is 0 Å². The van der Waals surface area contributed by atoms with Gasteiger partial charge in [-0.3, -0.25) is 4.79 Å². The van der Waals surface area contributed by atoms with Crippen molar-refractivity contribution in [2.75, 3.05) is 19.7 Å². The highest BCUT2D eigenvalue weighted by Crippen LogP contribution is 2.15. The van der Waals surface area contributed by atoms with Crippen LogP contribution in [-0.2, 0) is 11.3 Å². The second kappa shape index (κ2) is 5.71. The van der Waals surface area contributed by atoms with Crippen LogP contribution in [0.1, 0.15) is 20.8 Å². The van der Waals surface area contributed by atoms with Crippen molar-refractivity contribution in [1.82, 2.24) is 14.9 Å². The van der Waals surface area contributed by atoms with Crippen LogP contribution >= 0.6 is 0 Å². The van der Waals surface area contributed by atoms with Crippen molar-refractivity contribution in [3.8, 4) is 5.88 Å². The summed E-state index contributed by atoms with van der Waals surface area (Å²) in [7, 11) is 0. The molecular weight excluding hydrogens is 246 g/mol. The van der Waals surface area contributed by atoms with Crippen molar-refractivity contribution in [2.24, 2.45) is 0 Å². The molecule has 0 amide bonds. The van der Waals surface area contributed by atoms with Gasteiger partial charge in [0.25, 0.3) is 5.88 Å². The average Bonchev–Trinajstić information content (AvgIpc) is 2.36. The maximum atomic E-state index is 11.9. The molecule has 1 N–H and O–H groups in total. The lowest BCUT2D eigenvalue weighted by atomic mass is 10.1. The van der Waals surface area contributed by atoms with Crippen LogP contribution in [0.4, 0.5) is 0 Å². The van der Waals surface area contributed by atoms with Gasteiger partial charge in [0.15, 0.2) is 0 Å². The smallest absolute Gasteiger partial charge is 0.313 e. The maximum Gasteiger partial charge on any atom is 0.313 e. The SMILES string of the molecule is CCn1ccnc(OCC2CNCC(C)(C)O2)c1=O. The maximum absolute atomic E-state index is 11.9. The Morgan fingerprint density at radius 2 is 2.42 bits per heavy atom. The summed E-state index contributed by atoms with van der Waals surface area (Å²) in [4.78, 5) is 15.9. The summed E-state index contributed by atoms with van der Waals surface area (Å²) in [6, 6.07) is 0. The van der Waals surface area contributed by atoms with Gasteiger partial charge in [-0.1, -0.05) is 0 Å². The van der Waals surface area contributed by atoms with Gasteiger partial charge in [-0.2, -0.15) is 0 Å². The number of hydrogen-bond acceptors (Lipinski definition) is 5. The number of morpholine rings is 1. The molecule has 0 radical (unpaired) electrons. The highest BCUT2D eigenvalue weighted by Gasteiger charge is 2.28. The molecule has 1 atom stereocenters. The second-order valence-corrected chi connectivity index (χ2v) is 5.27. The molecular formula is C13H21N3O3. The first-order valence-corrected chi connectivity index (χ1v) is 6.58. The van der Waals surface area contributed by atoms with Crippen molar-refractivity contribution < 1.29 is 9.47 Å². The van der Waals surface area contributed by atoms with E-state index in [2.05, 4.69) is 10.3 Å². The van der Waals surface area contributed by atoms with Gasteiger partial charge in [0, 0.05) is 32.0 Å². The van der Waals surface area contributed by atoms with Crippen LogP contribution in [0.3, 0.4) is 0 Å². The fourth-order valence-corrected chi connectivity index (χ4v) is 2.11. The van der Waals surface area contributed by atoms with E-state index in [1.165, 1.54) is 0 Å². The van der Waals surface area contributed by atoms with E-state index in [-0.39, 0.29) is 23.1 Å². The summed E-state index contributed by atoms with van der Waals surface area (Å²) in [5.74, 6) is 0.135. The van der Waals surface area contributed by atoms with E-state index in [1.54, 1.807) is 17.0 Å². The Kier molecular flexibility index (Phi) is 4.21. The lowest BCUT2D eigenvalue weighted by Gasteiger charge is -2.36. The number of aromatic nitrogens is 2. The standard InChI is InChI=1S/C13H21N3O3/c1-4-16-6-5-15-11(12(16)17)18-8-10-7-14-9-13(2,3)19-10/h5-6,10,14H,4,7-9H2,1-3H3. The lowest BCUT2D eigenvalue weighted by molar-refractivity contribution is -0.107. The van der Waals surface area contributed by atoms with E-state index in [1.807, 2.05) is 20.8 Å². The molecule has 0 aromatic carbocycles. The zero-order valence-electron chi connectivity index (χ0n) is 11.7. The van der Waals surface area contributed by atoms with Crippen LogP contribution in [0.25, 0.3) is 0 Å². The van der Waals surface area contributed by atoms with Crippen LogP contribution in [0.15, 0.2) is 17.2 Å². The molecule has 2 rings (SSSR count). The van der Waals surface area contributed by atoms with E-state index in [4.69, 9.17) is 9.47 Å². The topological polar surface area (TPSA) is 65.4 Å². The summed E-state index contributed by atoms with van der Waals surface area (Å²) >= 11 is 0. The van der Waals surface area contributed by atoms with Gasteiger partial charge in [0.1, 0.15) is 12.7 Å². The minimum atomic E-state index is -0.208. The van der Waals surface area contributed by atoms with E-state index in [0.29, 0.717) is 13.2 Å². The fraction of sp³-hybridized carbons (Fsp3) is 0.692. The zero-order chi connectivity index (χ0) is 13.9. The monoisotopic (exact) mass is 267 g/mol. The summed E-state index contributed by atoms with van der Waals surface area (Å²) in [5.41, 5.74) is -0.409. The predicted octanol–water partition coefficient (Wildman–Crippen LogP) is 0.409. The quantitative estimate of drug-likeness (QED) is 0.856. The van der Waals surface area contributed by atoms with Gasteiger partial charge in [0.2, 0.25) is 0 Å². The lowest BCUT2D eigenvalue weighted by Crippen LogP contribution is -2.52. The molecule has 19 heavy (non-hydrogen) atoms. The zero-order valence-corrected chi connectivity index (χ0v) is 11.7. The highest BCUT2D eigenvalue weighted by molar-refractivity contribution is 5.04. The Hall–Kier alpha value is -1.40. The van der Waals surface area contributed by atoms with E-state index < -0.39 is 0 Å². The van der Waals surface area contributed by atoms with Gasteiger partial charge in [-0.05, 0) is 20.8 Å². The molecule has 1 aromatic rings. The van der Waals surface area contributed by atoms with Crippen LogP contribution in [0.5, 0.6) is 5.88 Å². The Morgan fingerprint density at radius 1 is 1.63 bits per heavy atom. The molecule has 2 heterocycles. The van der Waals surface area contributed by atoms with E-state index >= 15 is 0 Å². The Balaban J connectivity index is 1.97. The number of ether oxygens (including phenoxy) is 2. The summed E-state index contributed by atoms with van der Waals surface area (Å²) in [6.45, 7) is 8.42. The Morgan fingerprint density at radius 3 is 3.11 bits per heavy atom. The van der Waals surface area contributed by atoms with Crippen LogP contribution in [0, 0.1) is 0 Å². The molecule has 6 heteroatoms. The van der Waals surface area contributed by atoms with Crippen LogP contribution < -0.4 is 15.6 Å². The first kappa shape index (κ1) is 14.0. The summed E-state index contributed by atoms with van der Waals surface area (Å²) in [6.07, 6.45) is 3.15. The van der Waals surface area contributed by atoms with E-state index in [0.717, 1.165) is 13.1 Å². The molecule has 1 aliphatic heterocycles. The van der Waals surface area contributed by atoms with Crippen molar-refractivity contribution in [3.05, 3.63) is 22.7 Å². The Labute approximate surface area is 112 Å². The number of nitrogens with one attached hydrogen (secondary N) is 1. The van der Waals surface area contributed by atoms with Crippen molar-refractivity contribution in [3.63, 3.8) is 0 Å². The Bertz CT molecular complexity index is 484. The molecule has 1 unspecified atom stereocenters. The molecule has 1 aliphatic rings. The number of aryl methyl sites for hydroxylation is 1. The van der Waals surface area contributed by atoms with Crippen LogP contribution in [-0.4, -0.2) is 41.0 Å². The van der Waals surface area contributed by atoms with Gasteiger partial charge < -0.3 is 19.4 Å². The average molecular weight is 267 g/mol. The molecule has 1 saturated heterocycles. The van der Waals surface area contributed by atoms with Gasteiger partial charge in [-0.25, -0.2) is 4.98 Å². The first-order chi connectivity index (χ1) is 9.02. The molecule has 1 fully saturated rings. The fourth-order valence-electron chi connectivity index (χ4n) is 2.11. The number of nitrogens with zero attached hydrogens (tertiary/aromatic N) is 2. The molecule has 6 nitrogen and oxygen atoms in total. The largest absolute Gasteiger partial charge is 0.471 e. The molecule has 0 saturated carbocycles. The third kappa shape index (κ3) is 3.54. The van der Waals surface area contributed by atoms with Gasteiger partial charge in [-0.15, -0.1) is 0 Å². The molecule has 106 valence electrons. The predicted molar refractivity (Wildman–Crippen MR) is 71.5 cm³/mol. The number of hydrogen-bond donors (Lipinski definition) is 1. The van der Waals surface area contributed by atoms with Gasteiger partial charge >= 0.3 is 5.56 Å². The third-order valence-electron chi connectivity index (χ3n) is 3.04. The van der Waals surface area contributed by atoms with E-state index in [9.17, 15) is 4.79 Å². The molecule has 0 aliphatic carbocycles. The number of rotatable bonds is 4. The molecule has 1 aromatic heterocycles. The van der Waals surface area contributed by atoms with Crippen molar-refractivity contribution in [1.29, 1.82) is 0 Å². The first-order valence-electron chi connectivity index (χ1n) is 6.58. The molecule has 0 bridgehead atoms. The minimum absolute atomic E-state index is 0.0692. The highest BCUT2D eigenvalue weighted by atomic mass is 16.6. The van der Waals surface area contributed by atoms with Crippen LogP contribution in [0.2, 0.25) is 0 Å². The molecule has 0 spiro atoms. The second-order valence-electron chi connectivity index (χ2n) is 5.27.